The third-order valence-electron chi connectivity index (χ3n) is 9.91. The maximum atomic E-state index is 3.89. The highest BCUT2D eigenvalue weighted by atomic mass is 32.1. The molecule has 0 bridgehead atoms. The van der Waals surface area contributed by atoms with Gasteiger partial charge in [0.1, 0.15) is 0 Å². The second-order valence-corrected chi connectivity index (χ2v) is 13.7. The van der Waals surface area contributed by atoms with Crippen LogP contribution in [0.15, 0.2) is 127 Å². The van der Waals surface area contributed by atoms with Crippen LogP contribution in [0.25, 0.3) is 81.0 Å². The van der Waals surface area contributed by atoms with Gasteiger partial charge < -0.3 is 9.55 Å². The van der Waals surface area contributed by atoms with Crippen molar-refractivity contribution >= 4 is 64.2 Å². The molecule has 0 fully saturated rings. The Bertz CT molecular complexity index is 2630. The molecule has 0 unspecified atom stereocenters. The molecular weight excluding hydrogens is 553 g/mol. The van der Waals surface area contributed by atoms with Crippen molar-refractivity contribution in [3.63, 3.8) is 0 Å². The van der Waals surface area contributed by atoms with Crippen LogP contribution in [0.1, 0.15) is 25.0 Å². The first-order valence-electron chi connectivity index (χ1n) is 15.3. The van der Waals surface area contributed by atoms with E-state index in [1.807, 2.05) is 11.3 Å². The van der Waals surface area contributed by atoms with Crippen molar-refractivity contribution in [2.45, 2.75) is 19.3 Å². The Morgan fingerprint density at radius 2 is 1.36 bits per heavy atom. The van der Waals surface area contributed by atoms with Crippen LogP contribution in [0.3, 0.4) is 0 Å². The van der Waals surface area contributed by atoms with Gasteiger partial charge in [0.2, 0.25) is 0 Å². The molecule has 3 heteroatoms. The van der Waals surface area contributed by atoms with Crippen molar-refractivity contribution in [3.8, 4) is 28.1 Å². The number of aromatic amines is 1. The Kier molecular flexibility index (Phi) is 4.70. The molecule has 0 atom stereocenters. The number of nitrogens with zero attached hydrogens (tertiary/aromatic N) is 1. The van der Waals surface area contributed by atoms with E-state index < -0.39 is 0 Å². The highest BCUT2D eigenvalue weighted by molar-refractivity contribution is 7.26. The molecule has 2 nitrogen and oxygen atoms in total. The van der Waals surface area contributed by atoms with E-state index in [-0.39, 0.29) is 5.41 Å². The van der Waals surface area contributed by atoms with E-state index in [1.54, 1.807) is 0 Å². The molecule has 9 aromatic rings. The molecule has 0 amide bonds. The number of para-hydroxylation sites is 1. The number of thiophene rings is 1. The van der Waals surface area contributed by atoms with E-state index in [9.17, 15) is 0 Å². The Morgan fingerprint density at radius 3 is 2.27 bits per heavy atom. The van der Waals surface area contributed by atoms with E-state index in [0.717, 1.165) is 0 Å². The maximum absolute atomic E-state index is 3.89. The van der Waals surface area contributed by atoms with Crippen LogP contribution in [0.5, 0.6) is 0 Å². The Labute approximate surface area is 258 Å². The van der Waals surface area contributed by atoms with Crippen LogP contribution in [0, 0.1) is 0 Å². The molecule has 3 aromatic heterocycles. The summed E-state index contributed by atoms with van der Waals surface area (Å²) in [6.07, 6.45) is 0. The van der Waals surface area contributed by atoms with Crippen LogP contribution in [0.4, 0.5) is 0 Å². The molecule has 0 saturated heterocycles. The van der Waals surface area contributed by atoms with Crippen molar-refractivity contribution < 1.29 is 0 Å². The minimum atomic E-state index is -0.0972. The van der Waals surface area contributed by atoms with Gasteiger partial charge in [-0.15, -0.1) is 11.3 Å². The molecule has 208 valence electrons. The number of fused-ring (bicyclic) bond motifs is 12. The molecule has 1 aliphatic carbocycles. The van der Waals surface area contributed by atoms with Crippen LogP contribution in [0.2, 0.25) is 0 Å². The SMILES string of the molecule is CC1(C)c2ccccc2-c2c1c1ccc3c4cc(-c5cccc6c5sc5ccccc56)ccc4[nH]c3c1n2-c1ccccc1. The molecule has 0 radical (unpaired) electrons. The van der Waals surface area contributed by atoms with E-state index >= 15 is 0 Å². The molecule has 3 heterocycles. The minimum Gasteiger partial charge on any atom is -0.353 e. The fourth-order valence-corrected chi connectivity index (χ4v) is 9.21. The Morgan fingerprint density at radius 1 is 0.614 bits per heavy atom. The van der Waals surface area contributed by atoms with Crippen LogP contribution < -0.4 is 0 Å². The van der Waals surface area contributed by atoms with Gasteiger partial charge in [0.15, 0.2) is 0 Å². The standard InChI is InChI=1S/C41H28N2S/c1-41(2)33-17-8-6-14-30(33)38-36(41)31-21-20-28-32-23-24(26-15-10-16-29-27-13-7-9-18-35(27)44-40(26)29)19-22-34(32)42-37(28)39(31)43(38)25-11-4-3-5-12-25/h3-23,42H,1-2H3. The lowest BCUT2D eigenvalue weighted by Crippen LogP contribution is -2.14. The maximum Gasteiger partial charge on any atom is 0.0780 e. The summed E-state index contributed by atoms with van der Waals surface area (Å²) in [6.45, 7) is 4.76. The van der Waals surface area contributed by atoms with E-state index in [0.29, 0.717) is 0 Å². The van der Waals surface area contributed by atoms with Crippen LogP contribution >= 0.6 is 11.3 Å². The molecule has 44 heavy (non-hydrogen) atoms. The fraction of sp³-hybridized carbons (Fsp3) is 0.0732. The number of aromatic nitrogens is 2. The average Bonchev–Trinajstić information content (AvgIpc) is 3.78. The Hall–Kier alpha value is -5.12. The summed E-state index contributed by atoms with van der Waals surface area (Å²) in [7, 11) is 0. The molecule has 0 spiro atoms. The molecular formula is C41H28N2S. The summed E-state index contributed by atoms with van der Waals surface area (Å²) in [5, 5.41) is 6.51. The second kappa shape index (κ2) is 8.49. The summed E-state index contributed by atoms with van der Waals surface area (Å²) < 4.78 is 5.20. The van der Waals surface area contributed by atoms with Crippen molar-refractivity contribution in [1.29, 1.82) is 0 Å². The topological polar surface area (TPSA) is 20.7 Å². The number of rotatable bonds is 2. The zero-order valence-electron chi connectivity index (χ0n) is 24.5. The highest BCUT2D eigenvalue weighted by Crippen LogP contribution is 2.54. The second-order valence-electron chi connectivity index (χ2n) is 12.6. The summed E-state index contributed by atoms with van der Waals surface area (Å²) in [4.78, 5) is 3.89. The summed E-state index contributed by atoms with van der Waals surface area (Å²) in [6, 6.07) is 46.9. The van der Waals surface area contributed by atoms with Crippen molar-refractivity contribution in [2.24, 2.45) is 0 Å². The summed E-state index contributed by atoms with van der Waals surface area (Å²) >= 11 is 1.89. The number of nitrogens with one attached hydrogen (secondary N) is 1. The van der Waals surface area contributed by atoms with Gasteiger partial charge in [-0.3, -0.25) is 0 Å². The van der Waals surface area contributed by atoms with E-state index in [1.165, 1.54) is 92.1 Å². The van der Waals surface area contributed by atoms with Crippen molar-refractivity contribution in [1.82, 2.24) is 9.55 Å². The van der Waals surface area contributed by atoms with Gasteiger partial charge in [-0.25, -0.2) is 0 Å². The monoisotopic (exact) mass is 580 g/mol. The minimum absolute atomic E-state index is 0.0972. The van der Waals surface area contributed by atoms with E-state index in [2.05, 4.69) is 151 Å². The fourth-order valence-electron chi connectivity index (χ4n) is 7.97. The molecule has 10 rings (SSSR count). The molecule has 0 aliphatic heterocycles. The van der Waals surface area contributed by atoms with Crippen molar-refractivity contribution in [3.05, 3.63) is 139 Å². The number of hydrogen-bond donors (Lipinski definition) is 1. The zero-order valence-corrected chi connectivity index (χ0v) is 25.3. The number of benzene rings is 6. The van der Waals surface area contributed by atoms with Gasteiger partial charge in [-0.2, -0.15) is 0 Å². The number of H-pyrrole nitrogens is 1. The number of hydrogen-bond acceptors (Lipinski definition) is 1. The lowest BCUT2D eigenvalue weighted by atomic mass is 9.81. The van der Waals surface area contributed by atoms with Gasteiger partial charge in [-0.05, 0) is 52.6 Å². The van der Waals surface area contributed by atoms with Crippen LogP contribution in [-0.4, -0.2) is 9.55 Å². The third kappa shape index (κ3) is 3.04. The van der Waals surface area contributed by atoms with Crippen molar-refractivity contribution in [2.75, 3.05) is 0 Å². The molecule has 0 saturated carbocycles. The van der Waals surface area contributed by atoms with Crippen LogP contribution in [-0.2, 0) is 5.41 Å². The summed E-state index contributed by atoms with van der Waals surface area (Å²) in [5.41, 5.74) is 12.7. The van der Waals surface area contributed by atoms with Gasteiger partial charge >= 0.3 is 0 Å². The first-order valence-corrected chi connectivity index (χ1v) is 16.1. The first-order chi connectivity index (χ1) is 21.6. The lowest BCUT2D eigenvalue weighted by Gasteiger charge is -2.21. The predicted octanol–water partition coefficient (Wildman–Crippen LogP) is 11.6. The smallest absolute Gasteiger partial charge is 0.0780 e. The third-order valence-corrected chi connectivity index (χ3v) is 11.1. The predicted molar refractivity (Wildman–Crippen MR) is 189 cm³/mol. The Balaban J connectivity index is 1.29. The molecule has 6 aromatic carbocycles. The average molecular weight is 581 g/mol. The van der Waals surface area contributed by atoms with Gasteiger partial charge in [-0.1, -0.05) is 111 Å². The quantitative estimate of drug-likeness (QED) is 0.210. The zero-order chi connectivity index (χ0) is 29.2. The largest absolute Gasteiger partial charge is 0.353 e. The highest BCUT2D eigenvalue weighted by Gasteiger charge is 2.40. The van der Waals surface area contributed by atoms with Gasteiger partial charge in [0.25, 0.3) is 0 Å². The van der Waals surface area contributed by atoms with E-state index in [4.69, 9.17) is 0 Å². The molecule has 1 aliphatic rings. The normalized spacial score (nSPS) is 13.9. The van der Waals surface area contributed by atoms with Gasteiger partial charge in [0, 0.05) is 58.5 Å². The van der Waals surface area contributed by atoms with Gasteiger partial charge in [0.05, 0.1) is 16.7 Å². The first kappa shape index (κ1) is 24.3. The summed E-state index contributed by atoms with van der Waals surface area (Å²) in [5.74, 6) is 0. The lowest BCUT2D eigenvalue weighted by molar-refractivity contribution is 0.666. The molecule has 1 N–H and O–H groups in total.